The number of nitrogens with two attached hydrogens (primary N) is 1. The van der Waals surface area contributed by atoms with E-state index in [1.165, 1.54) is 0 Å². The summed E-state index contributed by atoms with van der Waals surface area (Å²) in [5, 5.41) is 0. The van der Waals surface area contributed by atoms with Gasteiger partial charge in [0.2, 0.25) is 5.95 Å². The normalized spacial score (nSPS) is 28.4. The first-order valence-corrected chi connectivity index (χ1v) is 4.66. The van der Waals surface area contributed by atoms with Crippen LogP contribution >= 0.6 is 0 Å². The number of imidazole rings is 1. The molecule has 0 radical (unpaired) electrons. The molecular formula is C9H16N4. The summed E-state index contributed by atoms with van der Waals surface area (Å²) in [7, 11) is 2.01. The highest BCUT2D eigenvalue weighted by atomic mass is 15.3. The number of nitrogens with zero attached hydrogens (tertiary/aromatic N) is 3. The lowest BCUT2D eigenvalue weighted by Crippen LogP contribution is -2.29. The maximum atomic E-state index is 5.95. The molecule has 2 rings (SSSR count). The average Bonchev–Trinajstić information content (AvgIpc) is 2.60. The van der Waals surface area contributed by atoms with Gasteiger partial charge in [0.1, 0.15) is 0 Å². The molecule has 2 N–H and O–H groups in total. The Labute approximate surface area is 78.4 Å². The first-order valence-electron chi connectivity index (χ1n) is 4.66. The lowest BCUT2D eigenvalue weighted by Gasteiger charge is -2.16. The van der Waals surface area contributed by atoms with E-state index in [9.17, 15) is 0 Å². The molecule has 1 aromatic rings. The van der Waals surface area contributed by atoms with Crippen molar-refractivity contribution in [2.45, 2.75) is 13.0 Å². The zero-order valence-electron chi connectivity index (χ0n) is 8.14. The van der Waals surface area contributed by atoms with Crippen LogP contribution in [0.3, 0.4) is 0 Å². The maximum Gasteiger partial charge on any atom is 0.205 e. The average molecular weight is 180 g/mol. The van der Waals surface area contributed by atoms with E-state index < -0.39 is 0 Å². The fraction of sp³-hybridized carbons (Fsp3) is 0.667. The van der Waals surface area contributed by atoms with E-state index in [-0.39, 0.29) is 6.04 Å². The van der Waals surface area contributed by atoms with Crippen LogP contribution in [0.2, 0.25) is 0 Å². The summed E-state index contributed by atoms with van der Waals surface area (Å²) in [6.07, 6.45) is 3.79. The Bertz CT molecular complexity index is 284. The third kappa shape index (κ3) is 1.42. The predicted molar refractivity (Wildman–Crippen MR) is 52.6 cm³/mol. The van der Waals surface area contributed by atoms with Gasteiger partial charge in [0.25, 0.3) is 0 Å². The van der Waals surface area contributed by atoms with Crippen LogP contribution in [0.15, 0.2) is 12.4 Å². The van der Waals surface area contributed by atoms with Crippen molar-refractivity contribution in [3.8, 4) is 0 Å². The van der Waals surface area contributed by atoms with Crippen LogP contribution < -0.4 is 10.6 Å². The van der Waals surface area contributed by atoms with Gasteiger partial charge < -0.3 is 15.2 Å². The molecule has 1 saturated heterocycles. The summed E-state index contributed by atoms with van der Waals surface area (Å²) >= 11 is 0. The van der Waals surface area contributed by atoms with Gasteiger partial charge in [-0.15, -0.1) is 0 Å². The van der Waals surface area contributed by atoms with Crippen LogP contribution in [0, 0.1) is 5.92 Å². The molecule has 0 aliphatic carbocycles. The summed E-state index contributed by atoms with van der Waals surface area (Å²) in [5.41, 5.74) is 5.95. The van der Waals surface area contributed by atoms with Crippen molar-refractivity contribution in [1.29, 1.82) is 0 Å². The Morgan fingerprint density at radius 3 is 2.77 bits per heavy atom. The molecular weight excluding hydrogens is 164 g/mol. The second kappa shape index (κ2) is 3.03. The third-order valence-corrected chi connectivity index (χ3v) is 2.75. The van der Waals surface area contributed by atoms with E-state index in [1.54, 1.807) is 0 Å². The van der Waals surface area contributed by atoms with Crippen molar-refractivity contribution >= 4 is 5.95 Å². The van der Waals surface area contributed by atoms with Crippen molar-refractivity contribution in [2.75, 3.05) is 18.0 Å². The minimum atomic E-state index is 0.289. The smallest absolute Gasteiger partial charge is 0.205 e. The summed E-state index contributed by atoms with van der Waals surface area (Å²) < 4.78 is 2.03. The summed E-state index contributed by atoms with van der Waals surface area (Å²) in [5.74, 6) is 1.59. The Morgan fingerprint density at radius 1 is 1.54 bits per heavy atom. The van der Waals surface area contributed by atoms with E-state index in [0.717, 1.165) is 19.0 Å². The van der Waals surface area contributed by atoms with Crippen molar-refractivity contribution in [1.82, 2.24) is 9.55 Å². The third-order valence-electron chi connectivity index (χ3n) is 2.75. The highest BCUT2D eigenvalue weighted by Crippen LogP contribution is 2.20. The number of hydrogen-bond donors (Lipinski definition) is 1. The number of anilines is 1. The van der Waals surface area contributed by atoms with Crippen LogP contribution in [0.25, 0.3) is 0 Å². The van der Waals surface area contributed by atoms with Gasteiger partial charge >= 0.3 is 0 Å². The van der Waals surface area contributed by atoms with Crippen LogP contribution in [-0.4, -0.2) is 28.7 Å². The fourth-order valence-corrected chi connectivity index (χ4v) is 1.82. The number of aryl methyl sites for hydroxylation is 1. The summed E-state index contributed by atoms with van der Waals surface area (Å²) in [6.45, 7) is 4.13. The van der Waals surface area contributed by atoms with E-state index in [0.29, 0.717) is 5.92 Å². The zero-order valence-corrected chi connectivity index (χ0v) is 8.14. The molecule has 4 nitrogen and oxygen atoms in total. The van der Waals surface area contributed by atoms with Crippen molar-refractivity contribution in [3.05, 3.63) is 12.4 Å². The molecule has 4 heteroatoms. The molecule has 13 heavy (non-hydrogen) atoms. The van der Waals surface area contributed by atoms with Gasteiger partial charge in [-0.05, 0) is 5.92 Å². The minimum absolute atomic E-state index is 0.289. The lowest BCUT2D eigenvalue weighted by molar-refractivity contribution is 0.565. The molecule has 1 aliphatic rings. The molecule has 0 bridgehead atoms. The molecule has 72 valence electrons. The molecule has 0 spiro atoms. The monoisotopic (exact) mass is 180 g/mol. The van der Waals surface area contributed by atoms with Crippen LogP contribution in [-0.2, 0) is 7.05 Å². The van der Waals surface area contributed by atoms with E-state index >= 15 is 0 Å². The predicted octanol–water partition coefficient (Wildman–Crippen LogP) is 0.203. The van der Waals surface area contributed by atoms with Crippen LogP contribution in [0.4, 0.5) is 5.95 Å². The van der Waals surface area contributed by atoms with Crippen LogP contribution in [0.1, 0.15) is 6.92 Å². The Kier molecular flexibility index (Phi) is 2.00. The molecule has 0 saturated carbocycles. The largest absolute Gasteiger partial charge is 0.340 e. The highest BCUT2D eigenvalue weighted by molar-refractivity contribution is 5.33. The van der Waals surface area contributed by atoms with Gasteiger partial charge in [0.05, 0.1) is 0 Å². The Balaban J connectivity index is 2.16. The SMILES string of the molecule is CC1CN(c2nccn2C)CC1N. The first kappa shape index (κ1) is 8.56. The van der Waals surface area contributed by atoms with E-state index in [2.05, 4.69) is 16.8 Å². The molecule has 0 amide bonds. The second-order valence-corrected chi connectivity index (χ2v) is 3.88. The first-order chi connectivity index (χ1) is 6.18. The number of rotatable bonds is 1. The molecule has 1 aliphatic heterocycles. The zero-order chi connectivity index (χ0) is 9.42. The summed E-state index contributed by atoms with van der Waals surface area (Å²) in [6, 6.07) is 0.289. The van der Waals surface area contributed by atoms with Gasteiger partial charge in [-0.2, -0.15) is 0 Å². The second-order valence-electron chi connectivity index (χ2n) is 3.88. The maximum absolute atomic E-state index is 5.95. The van der Waals surface area contributed by atoms with Gasteiger partial charge in [0, 0.05) is 38.6 Å². The van der Waals surface area contributed by atoms with E-state index in [4.69, 9.17) is 5.73 Å². The number of aromatic nitrogens is 2. The van der Waals surface area contributed by atoms with Gasteiger partial charge in [-0.25, -0.2) is 4.98 Å². The van der Waals surface area contributed by atoms with Gasteiger partial charge in [-0.3, -0.25) is 0 Å². The minimum Gasteiger partial charge on any atom is -0.340 e. The Morgan fingerprint density at radius 2 is 2.31 bits per heavy atom. The standard InChI is InChI=1S/C9H16N4/c1-7-5-13(6-8(7)10)9-11-3-4-12(9)2/h3-4,7-8H,5-6,10H2,1-2H3. The lowest BCUT2D eigenvalue weighted by atomic mass is 10.1. The van der Waals surface area contributed by atoms with Crippen molar-refractivity contribution < 1.29 is 0 Å². The quantitative estimate of drug-likeness (QED) is 0.671. The number of hydrogen-bond acceptors (Lipinski definition) is 3. The molecule has 1 aromatic heterocycles. The van der Waals surface area contributed by atoms with Gasteiger partial charge in [-0.1, -0.05) is 6.92 Å². The molecule has 2 atom stereocenters. The molecule has 1 fully saturated rings. The highest BCUT2D eigenvalue weighted by Gasteiger charge is 2.28. The molecule has 2 unspecified atom stereocenters. The molecule has 2 heterocycles. The topological polar surface area (TPSA) is 47.1 Å². The Hall–Kier alpha value is -1.03. The van der Waals surface area contributed by atoms with Crippen molar-refractivity contribution in [2.24, 2.45) is 18.7 Å². The van der Waals surface area contributed by atoms with Crippen molar-refractivity contribution in [3.63, 3.8) is 0 Å². The fourth-order valence-electron chi connectivity index (χ4n) is 1.82. The van der Waals surface area contributed by atoms with Gasteiger partial charge in [0.15, 0.2) is 0 Å². The van der Waals surface area contributed by atoms with Crippen LogP contribution in [0.5, 0.6) is 0 Å². The summed E-state index contributed by atoms with van der Waals surface area (Å²) in [4.78, 5) is 6.55. The molecule has 0 aromatic carbocycles. The van der Waals surface area contributed by atoms with E-state index in [1.807, 2.05) is 24.0 Å².